The van der Waals surface area contributed by atoms with Gasteiger partial charge in [-0.2, -0.15) is 0 Å². The third kappa shape index (κ3) is 3.73. The summed E-state index contributed by atoms with van der Waals surface area (Å²) in [4.78, 5) is 2.31. The van der Waals surface area contributed by atoms with Gasteiger partial charge in [0.15, 0.2) is 0 Å². The molecule has 66 valence electrons. The van der Waals surface area contributed by atoms with Gasteiger partial charge in [-0.25, -0.2) is 0 Å². The van der Waals surface area contributed by atoms with Crippen LogP contribution in [0.25, 0.3) is 0 Å². The van der Waals surface area contributed by atoms with Crippen molar-refractivity contribution in [1.29, 1.82) is 0 Å². The van der Waals surface area contributed by atoms with Gasteiger partial charge in [-0.1, -0.05) is 31.8 Å². The van der Waals surface area contributed by atoms with E-state index in [1.54, 1.807) is 0 Å². The second-order valence-corrected chi connectivity index (χ2v) is 9.62. The quantitative estimate of drug-likeness (QED) is 0.465. The molecule has 0 radical (unpaired) electrons. The zero-order valence-corrected chi connectivity index (χ0v) is 9.68. The van der Waals surface area contributed by atoms with Crippen LogP contribution in [0.4, 0.5) is 0 Å². The number of allylic oxidation sites excluding steroid dienone is 1. The molecule has 0 rings (SSSR count). The monoisotopic (exact) mass is 171 g/mol. The molecule has 1 nitrogen and oxygen atoms in total. The fourth-order valence-corrected chi connectivity index (χ4v) is 3.74. The van der Waals surface area contributed by atoms with Crippen LogP contribution in [0.15, 0.2) is 12.2 Å². The Morgan fingerprint density at radius 1 is 1.18 bits per heavy atom. The first kappa shape index (κ1) is 10.9. The molecule has 1 unspecified atom stereocenters. The van der Waals surface area contributed by atoms with Gasteiger partial charge >= 0.3 is 0 Å². The number of hydrogen-bond acceptors (Lipinski definition) is 1. The van der Waals surface area contributed by atoms with E-state index in [0.717, 1.165) is 0 Å². The molecule has 0 amide bonds. The first-order valence-corrected chi connectivity index (χ1v) is 7.76. The molecule has 0 fully saturated rings. The van der Waals surface area contributed by atoms with Crippen molar-refractivity contribution in [2.24, 2.45) is 0 Å². The van der Waals surface area contributed by atoms with Crippen molar-refractivity contribution >= 4 is 8.07 Å². The van der Waals surface area contributed by atoms with E-state index >= 15 is 0 Å². The Balaban J connectivity index is 4.35. The molecule has 2 heteroatoms. The van der Waals surface area contributed by atoms with Crippen molar-refractivity contribution in [1.82, 2.24) is 4.90 Å². The molecule has 0 bridgehead atoms. The van der Waals surface area contributed by atoms with Gasteiger partial charge in [-0.3, -0.25) is 0 Å². The summed E-state index contributed by atoms with van der Waals surface area (Å²) in [5.74, 6) is 0. The summed E-state index contributed by atoms with van der Waals surface area (Å²) in [7, 11) is 3.28. The van der Waals surface area contributed by atoms with Crippen LogP contribution in [0.3, 0.4) is 0 Å². The van der Waals surface area contributed by atoms with E-state index in [1.165, 1.54) is 0 Å². The van der Waals surface area contributed by atoms with Crippen LogP contribution in [-0.4, -0.2) is 32.7 Å². The summed E-state index contributed by atoms with van der Waals surface area (Å²) in [6, 6.07) is 0. The van der Waals surface area contributed by atoms with Crippen molar-refractivity contribution in [3.05, 3.63) is 12.2 Å². The van der Waals surface area contributed by atoms with E-state index in [9.17, 15) is 0 Å². The maximum Gasteiger partial charge on any atom is 0.0686 e. The van der Waals surface area contributed by atoms with Crippen molar-refractivity contribution in [2.45, 2.75) is 32.2 Å². The zero-order valence-electron chi connectivity index (χ0n) is 8.68. The van der Waals surface area contributed by atoms with Gasteiger partial charge in [0.25, 0.3) is 0 Å². The van der Waals surface area contributed by atoms with Crippen LogP contribution in [-0.2, 0) is 0 Å². The average Bonchev–Trinajstić information content (AvgIpc) is 1.79. The fraction of sp³-hybridized carbons (Fsp3) is 0.778. The third-order valence-electron chi connectivity index (χ3n) is 1.82. The summed E-state index contributed by atoms with van der Waals surface area (Å²) in [6.45, 7) is 9.30. The Hall–Kier alpha value is -0.0831. The van der Waals surface area contributed by atoms with Gasteiger partial charge < -0.3 is 4.90 Å². The Morgan fingerprint density at radius 2 is 1.64 bits per heavy atom. The minimum atomic E-state index is -1.03. The van der Waals surface area contributed by atoms with E-state index in [2.05, 4.69) is 57.7 Å². The predicted molar refractivity (Wildman–Crippen MR) is 55.6 cm³/mol. The number of rotatable bonds is 3. The minimum Gasteiger partial charge on any atom is -0.306 e. The molecule has 1 atom stereocenters. The van der Waals surface area contributed by atoms with Gasteiger partial charge in [0, 0.05) is 5.67 Å². The zero-order chi connectivity index (χ0) is 9.07. The van der Waals surface area contributed by atoms with Gasteiger partial charge in [0.05, 0.1) is 8.07 Å². The van der Waals surface area contributed by atoms with E-state index in [-0.39, 0.29) is 0 Å². The van der Waals surface area contributed by atoms with Crippen molar-refractivity contribution in [2.75, 3.05) is 14.1 Å². The van der Waals surface area contributed by atoms with E-state index in [4.69, 9.17) is 0 Å². The van der Waals surface area contributed by atoms with Gasteiger partial charge in [0.2, 0.25) is 0 Å². The summed E-state index contributed by atoms with van der Waals surface area (Å²) < 4.78 is 0. The lowest BCUT2D eigenvalue weighted by atomic mass is 10.5. The molecule has 0 spiro atoms. The third-order valence-corrected chi connectivity index (χ3v) is 4.30. The summed E-state index contributed by atoms with van der Waals surface area (Å²) in [6.07, 6.45) is 4.47. The molecule has 0 N–H and O–H groups in total. The highest BCUT2D eigenvalue weighted by Gasteiger charge is 2.25. The second kappa shape index (κ2) is 4.07. The molecule has 0 aromatic carbocycles. The van der Waals surface area contributed by atoms with Gasteiger partial charge in [-0.05, 0) is 21.0 Å². The Bertz CT molecular complexity index is 133. The Morgan fingerprint density at radius 3 is 1.73 bits per heavy atom. The predicted octanol–water partition coefficient (Wildman–Crippen LogP) is 2.37. The lowest BCUT2D eigenvalue weighted by Crippen LogP contribution is -2.46. The van der Waals surface area contributed by atoms with Crippen LogP contribution >= 0.6 is 0 Å². The summed E-state index contributed by atoms with van der Waals surface area (Å²) in [5, 5.41) is 0. The molecule has 0 aromatic rings. The van der Waals surface area contributed by atoms with Gasteiger partial charge in [-0.15, -0.1) is 0 Å². The Labute approximate surface area is 72.1 Å². The maximum absolute atomic E-state index is 2.40. The van der Waals surface area contributed by atoms with E-state index in [0.29, 0.717) is 5.67 Å². The molecular weight excluding hydrogens is 150 g/mol. The SMILES string of the molecule is CC=CC(N(C)C)[Si](C)(C)C. The molecule has 0 aliphatic heterocycles. The first-order chi connectivity index (χ1) is 4.89. The van der Waals surface area contributed by atoms with Crippen LogP contribution in [0.2, 0.25) is 19.6 Å². The van der Waals surface area contributed by atoms with Gasteiger partial charge in [0.1, 0.15) is 0 Å². The lowest BCUT2D eigenvalue weighted by molar-refractivity contribution is 0.409. The number of nitrogens with zero attached hydrogens (tertiary/aromatic N) is 1. The summed E-state index contributed by atoms with van der Waals surface area (Å²) in [5.41, 5.74) is 0.674. The van der Waals surface area contributed by atoms with Crippen LogP contribution in [0, 0.1) is 0 Å². The molecule has 0 saturated heterocycles. The standard InChI is InChI=1S/C9H21NSi/c1-7-8-9(10(2)3)11(4,5)6/h7-9H,1-6H3. The second-order valence-electron chi connectivity index (χ2n) is 4.30. The molecule has 0 saturated carbocycles. The highest BCUT2D eigenvalue weighted by molar-refractivity contribution is 6.78. The highest BCUT2D eigenvalue weighted by Crippen LogP contribution is 2.13. The smallest absolute Gasteiger partial charge is 0.0686 e. The lowest BCUT2D eigenvalue weighted by Gasteiger charge is -2.32. The molecule has 0 aromatic heterocycles. The first-order valence-electron chi connectivity index (χ1n) is 4.19. The molecule has 0 heterocycles. The minimum absolute atomic E-state index is 0.674. The van der Waals surface area contributed by atoms with Crippen molar-refractivity contribution < 1.29 is 0 Å². The van der Waals surface area contributed by atoms with E-state index < -0.39 is 8.07 Å². The number of hydrogen-bond donors (Lipinski definition) is 0. The van der Waals surface area contributed by atoms with Crippen LogP contribution < -0.4 is 0 Å². The molecular formula is C9H21NSi. The summed E-state index contributed by atoms with van der Waals surface area (Å²) >= 11 is 0. The van der Waals surface area contributed by atoms with Crippen LogP contribution in [0.1, 0.15) is 6.92 Å². The molecule has 0 aliphatic rings. The van der Waals surface area contributed by atoms with Crippen molar-refractivity contribution in [3.63, 3.8) is 0 Å². The normalized spacial score (nSPS) is 16.3. The Kier molecular flexibility index (Phi) is 4.04. The number of likely N-dealkylation sites (N-methyl/N-ethyl adjacent to an activating group) is 1. The topological polar surface area (TPSA) is 3.24 Å². The largest absolute Gasteiger partial charge is 0.306 e. The van der Waals surface area contributed by atoms with E-state index in [1.807, 2.05) is 0 Å². The molecule has 11 heavy (non-hydrogen) atoms. The molecule has 0 aliphatic carbocycles. The van der Waals surface area contributed by atoms with Crippen LogP contribution in [0.5, 0.6) is 0 Å². The van der Waals surface area contributed by atoms with Crippen molar-refractivity contribution in [3.8, 4) is 0 Å². The maximum atomic E-state index is 2.40. The average molecular weight is 171 g/mol. The fourth-order valence-electron chi connectivity index (χ4n) is 1.42. The highest BCUT2D eigenvalue weighted by atomic mass is 28.3.